The van der Waals surface area contributed by atoms with Gasteiger partial charge in [0.1, 0.15) is 11.6 Å². The van der Waals surface area contributed by atoms with E-state index in [2.05, 4.69) is 69.5 Å². The van der Waals surface area contributed by atoms with Crippen LogP contribution < -0.4 is 5.32 Å². The summed E-state index contributed by atoms with van der Waals surface area (Å²) in [5, 5.41) is 4.91. The minimum absolute atomic E-state index is 0.464. The molecule has 3 aromatic rings. The van der Waals surface area contributed by atoms with Gasteiger partial charge < -0.3 is 15.2 Å². The van der Waals surface area contributed by atoms with E-state index in [0.29, 0.717) is 6.04 Å². The van der Waals surface area contributed by atoms with Gasteiger partial charge in [-0.1, -0.05) is 18.2 Å². The van der Waals surface area contributed by atoms with Crippen molar-refractivity contribution in [1.82, 2.24) is 19.9 Å². The van der Waals surface area contributed by atoms with E-state index < -0.39 is 0 Å². The smallest absolute Gasteiger partial charge is 0.130 e. The van der Waals surface area contributed by atoms with Gasteiger partial charge in [-0.2, -0.15) is 0 Å². The molecule has 0 radical (unpaired) electrons. The topological polar surface area (TPSA) is 56.8 Å². The van der Waals surface area contributed by atoms with Gasteiger partial charge in [0, 0.05) is 41.7 Å². The van der Waals surface area contributed by atoms with E-state index in [1.807, 2.05) is 6.92 Å². The number of hydrogen-bond donors (Lipinski definition) is 2. The molecule has 1 aliphatic rings. The van der Waals surface area contributed by atoms with Crippen LogP contribution in [0.5, 0.6) is 0 Å². The van der Waals surface area contributed by atoms with Crippen molar-refractivity contribution in [3.63, 3.8) is 0 Å². The third-order valence-electron chi connectivity index (χ3n) is 5.25. The molecule has 1 aromatic carbocycles. The van der Waals surface area contributed by atoms with E-state index in [1.54, 1.807) is 0 Å². The third kappa shape index (κ3) is 3.58. The molecule has 5 heteroatoms. The Kier molecular flexibility index (Phi) is 4.64. The van der Waals surface area contributed by atoms with Gasteiger partial charge in [-0.05, 0) is 51.9 Å². The van der Waals surface area contributed by atoms with E-state index in [-0.39, 0.29) is 0 Å². The Morgan fingerprint density at radius 3 is 2.92 bits per heavy atom. The fourth-order valence-electron chi connectivity index (χ4n) is 4.03. The van der Waals surface area contributed by atoms with Gasteiger partial charge in [0.05, 0.1) is 5.69 Å². The molecule has 1 fully saturated rings. The first-order chi connectivity index (χ1) is 12.6. The Labute approximate surface area is 154 Å². The lowest BCUT2D eigenvalue weighted by Gasteiger charge is -2.30. The van der Waals surface area contributed by atoms with Crippen LogP contribution in [0.1, 0.15) is 35.6 Å². The van der Waals surface area contributed by atoms with Crippen LogP contribution in [0.25, 0.3) is 10.9 Å². The molecule has 1 saturated heterocycles. The largest absolute Gasteiger partial charge is 0.366 e. The molecule has 2 N–H and O–H groups in total. The number of benzene rings is 1. The van der Waals surface area contributed by atoms with Crippen molar-refractivity contribution >= 4 is 16.7 Å². The van der Waals surface area contributed by atoms with E-state index in [9.17, 15) is 0 Å². The van der Waals surface area contributed by atoms with Crippen molar-refractivity contribution in [2.45, 2.75) is 39.2 Å². The average molecular weight is 349 g/mol. The van der Waals surface area contributed by atoms with Gasteiger partial charge in [-0.3, -0.25) is 0 Å². The Hall–Kier alpha value is -2.40. The number of aromatic amines is 1. The number of rotatable bonds is 4. The molecule has 0 amide bonds. The van der Waals surface area contributed by atoms with Crippen molar-refractivity contribution in [2.75, 3.05) is 25.5 Å². The normalized spacial score (nSPS) is 18.3. The van der Waals surface area contributed by atoms with Gasteiger partial charge in [0.15, 0.2) is 0 Å². The second-order valence-corrected chi connectivity index (χ2v) is 7.49. The zero-order chi connectivity index (χ0) is 18.1. The van der Waals surface area contributed by atoms with Crippen LogP contribution in [0.15, 0.2) is 30.3 Å². The first-order valence-electron chi connectivity index (χ1n) is 9.44. The van der Waals surface area contributed by atoms with Crippen LogP contribution in [-0.4, -0.2) is 46.0 Å². The first kappa shape index (κ1) is 17.0. The summed E-state index contributed by atoms with van der Waals surface area (Å²) in [7, 11) is 2.18. The standard InChI is InChI=1S/C21H27N5/c1-14-19(18-8-4-5-9-20(18)22-14)11-17-12-21(24-15(2)23-17)25-16-7-6-10-26(3)13-16/h4-5,8-9,12,16,22H,6-7,10-11,13H2,1-3H3,(H,23,24,25). The van der Waals surface area contributed by atoms with Crippen LogP contribution in [0.4, 0.5) is 5.82 Å². The summed E-state index contributed by atoms with van der Waals surface area (Å²) in [6.45, 7) is 6.37. The van der Waals surface area contributed by atoms with Crippen molar-refractivity contribution in [1.29, 1.82) is 0 Å². The molecule has 4 rings (SSSR count). The number of fused-ring (bicyclic) bond motifs is 1. The molecular weight excluding hydrogens is 322 g/mol. The van der Waals surface area contributed by atoms with Gasteiger partial charge in [-0.15, -0.1) is 0 Å². The van der Waals surface area contributed by atoms with E-state index >= 15 is 0 Å². The number of aryl methyl sites for hydroxylation is 2. The SMILES string of the molecule is Cc1nc(Cc2c(C)[nH]c3ccccc23)cc(NC2CCCN(C)C2)n1. The molecule has 0 aliphatic carbocycles. The average Bonchev–Trinajstić information content (AvgIpc) is 2.90. The predicted octanol–water partition coefficient (Wildman–Crippen LogP) is 3.67. The fraction of sp³-hybridized carbons (Fsp3) is 0.429. The molecule has 2 aromatic heterocycles. The van der Waals surface area contributed by atoms with Crippen LogP contribution in [0.3, 0.4) is 0 Å². The van der Waals surface area contributed by atoms with Crippen LogP contribution >= 0.6 is 0 Å². The van der Waals surface area contributed by atoms with Gasteiger partial charge >= 0.3 is 0 Å². The maximum absolute atomic E-state index is 4.69. The second-order valence-electron chi connectivity index (χ2n) is 7.49. The number of nitrogens with zero attached hydrogens (tertiary/aromatic N) is 3. The highest BCUT2D eigenvalue weighted by atomic mass is 15.2. The molecule has 136 valence electrons. The van der Waals surface area contributed by atoms with E-state index in [1.165, 1.54) is 41.5 Å². The number of hydrogen-bond acceptors (Lipinski definition) is 4. The number of likely N-dealkylation sites (N-methyl/N-ethyl adjacent to an activating group) is 1. The van der Waals surface area contributed by atoms with Crippen LogP contribution in [0.2, 0.25) is 0 Å². The quantitative estimate of drug-likeness (QED) is 0.754. The molecule has 1 atom stereocenters. The van der Waals surface area contributed by atoms with Crippen molar-refractivity contribution < 1.29 is 0 Å². The monoisotopic (exact) mass is 349 g/mol. The number of nitrogens with one attached hydrogen (secondary N) is 2. The van der Waals surface area contributed by atoms with Crippen molar-refractivity contribution in [3.8, 4) is 0 Å². The van der Waals surface area contributed by atoms with Crippen LogP contribution in [0, 0.1) is 13.8 Å². The lowest BCUT2D eigenvalue weighted by Crippen LogP contribution is -2.39. The minimum atomic E-state index is 0.464. The van der Waals surface area contributed by atoms with Crippen molar-refractivity contribution in [2.24, 2.45) is 0 Å². The van der Waals surface area contributed by atoms with Crippen molar-refractivity contribution in [3.05, 3.63) is 53.1 Å². The lowest BCUT2D eigenvalue weighted by atomic mass is 10.0. The highest BCUT2D eigenvalue weighted by Gasteiger charge is 2.18. The molecule has 26 heavy (non-hydrogen) atoms. The summed E-state index contributed by atoms with van der Waals surface area (Å²) in [5.74, 6) is 1.77. The minimum Gasteiger partial charge on any atom is -0.366 e. The number of likely N-dealkylation sites (tertiary alicyclic amines) is 1. The molecular formula is C21H27N5. The predicted molar refractivity (Wildman–Crippen MR) is 107 cm³/mol. The number of piperidine rings is 1. The summed E-state index contributed by atoms with van der Waals surface area (Å²) >= 11 is 0. The van der Waals surface area contributed by atoms with Crippen LogP contribution in [-0.2, 0) is 6.42 Å². The Morgan fingerprint density at radius 1 is 1.23 bits per heavy atom. The molecule has 1 unspecified atom stereocenters. The summed E-state index contributed by atoms with van der Waals surface area (Å²) in [6, 6.07) is 11.0. The summed E-state index contributed by atoms with van der Waals surface area (Å²) < 4.78 is 0. The number of anilines is 1. The molecule has 3 heterocycles. The molecule has 1 aliphatic heterocycles. The number of H-pyrrole nitrogens is 1. The summed E-state index contributed by atoms with van der Waals surface area (Å²) in [5.41, 5.74) is 4.79. The Bertz CT molecular complexity index is 914. The maximum atomic E-state index is 4.69. The molecule has 0 bridgehead atoms. The van der Waals surface area contributed by atoms with E-state index in [4.69, 9.17) is 0 Å². The van der Waals surface area contributed by atoms with Gasteiger partial charge in [0.2, 0.25) is 0 Å². The highest BCUT2D eigenvalue weighted by molar-refractivity contribution is 5.84. The van der Waals surface area contributed by atoms with Gasteiger partial charge in [-0.25, -0.2) is 9.97 Å². The summed E-state index contributed by atoms with van der Waals surface area (Å²) in [6.07, 6.45) is 3.25. The number of para-hydroxylation sites is 1. The fourth-order valence-corrected chi connectivity index (χ4v) is 4.03. The molecule has 0 saturated carbocycles. The Morgan fingerprint density at radius 2 is 2.08 bits per heavy atom. The first-order valence-corrected chi connectivity index (χ1v) is 9.44. The second kappa shape index (κ2) is 7.08. The zero-order valence-electron chi connectivity index (χ0n) is 15.8. The number of aromatic nitrogens is 3. The van der Waals surface area contributed by atoms with E-state index in [0.717, 1.165) is 30.3 Å². The summed E-state index contributed by atoms with van der Waals surface area (Å²) in [4.78, 5) is 15.2. The maximum Gasteiger partial charge on any atom is 0.130 e. The highest BCUT2D eigenvalue weighted by Crippen LogP contribution is 2.25. The zero-order valence-corrected chi connectivity index (χ0v) is 15.8. The molecule has 5 nitrogen and oxygen atoms in total. The lowest BCUT2D eigenvalue weighted by molar-refractivity contribution is 0.260. The Balaban J connectivity index is 1.58. The molecule has 0 spiro atoms. The van der Waals surface area contributed by atoms with Gasteiger partial charge in [0.25, 0.3) is 0 Å². The third-order valence-corrected chi connectivity index (χ3v) is 5.25.